The Bertz CT molecular complexity index is 863. The summed E-state index contributed by atoms with van der Waals surface area (Å²) in [5, 5.41) is 2.72. The van der Waals surface area contributed by atoms with E-state index in [1.54, 1.807) is 30.7 Å². The van der Waals surface area contributed by atoms with Crippen molar-refractivity contribution in [3.05, 3.63) is 66.2 Å². The molecule has 0 atom stereocenters. The lowest BCUT2D eigenvalue weighted by atomic mass is 10.1. The maximum Gasteiger partial charge on any atom is 0.278 e. The molecule has 0 saturated heterocycles. The minimum Gasteiger partial charge on any atom is -0.382 e. The Balaban J connectivity index is 1.86. The minimum absolute atomic E-state index is 0.0905. The van der Waals surface area contributed by atoms with E-state index < -0.39 is 5.91 Å². The third-order valence-corrected chi connectivity index (χ3v) is 3.72. The average Bonchev–Trinajstić information content (AvgIpc) is 2.64. The molecule has 3 N–H and O–H groups in total. The van der Waals surface area contributed by atoms with Crippen molar-refractivity contribution in [1.82, 2.24) is 15.0 Å². The number of hydrogen-bond donors (Lipinski definition) is 2. The molecule has 0 aliphatic rings. The lowest BCUT2D eigenvalue weighted by Gasteiger charge is -2.08. The van der Waals surface area contributed by atoms with Crippen LogP contribution in [0.2, 0.25) is 0 Å². The smallest absolute Gasteiger partial charge is 0.278 e. The third kappa shape index (κ3) is 3.98. The van der Waals surface area contributed by atoms with E-state index in [1.807, 2.05) is 12.1 Å². The van der Waals surface area contributed by atoms with Crippen molar-refractivity contribution in [3.63, 3.8) is 0 Å². The number of nitrogen functional groups attached to an aromatic ring is 1. The lowest BCUT2D eigenvalue weighted by Crippen LogP contribution is -2.17. The van der Waals surface area contributed by atoms with E-state index in [2.05, 4.69) is 39.3 Å². The second-order valence-electron chi connectivity index (χ2n) is 5.63. The summed E-state index contributed by atoms with van der Waals surface area (Å²) in [5.74, 6) is -0.324. The fourth-order valence-electron chi connectivity index (χ4n) is 2.46. The maximum absolute atomic E-state index is 12.4. The fourth-order valence-corrected chi connectivity index (χ4v) is 2.46. The summed E-state index contributed by atoms with van der Waals surface area (Å²) in [6.45, 7) is 2.15. The van der Waals surface area contributed by atoms with Gasteiger partial charge < -0.3 is 11.1 Å². The highest BCUT2D eigenvalue weighted by atomic mass is 16.1. The van der Waals surface area contributed by atoms with Crippen LogP contribution in [0.25, 0.3) is 11.3 Å². The molecule has 6 heteroatoms. The van der Waals surface area contributed by atoms with Crippen LogP contribution < -0.4 is 11.1 Å². The molecular weight excluding hydrogens is 314 g/mol. The Labute approximate surface area is 146 Å². The maximum atomic E-state index is 12.4. The first-order valence-corrected chi connectivity index (χ1v) is 8.10. The van der Waals surface area contributed by atoms with Crippen LogP contribution in [-0.4, -0.2) is 20.9 Å². The monoisotopic (exact) mass is 333 g/mol. The quantitative estimate of drug-likeness (QED) is 0.747. The molecule has 2 aromatic heterocycles. The summed E-state index contributed by atoms with van der Waals surface area (Å²) in [7, 11) is 0. The molecule has 3 aromatic rings. The Morgan fingerprint density at radius 2 is 1.96 bits per heavy atom. The number of aromatic nitrogens is 3. The van der Waals surface area contributed by atoms with E-state index in [1.165, 1.54) is 5.56 Å². The number of benzene rings is 1. The van der Waals surface area contributed by atoms with Gasteiger partial charge in [-0.2, -0.15) is 0 Å². The zero-order valence-corrected chi connectivity index (χ0v) is 13.9. The Hall–Kier alpha value is -3.28. The molecule has 0 unspecified atom stereocenters. The molecule has 0 saturated carbocycles. The fraction of sp³-hybridized carbons (Fsp3) is 0.158. The van der Waals surface area contributed by atoms with Gasteiger partial charge in [-0.05, 0) is 24.1 Å². The molecule has 0 bridgehead atoms. The van der Waals surface area contributed by atoms with Gasteiger partial charge in [0.2, 0.25) is 0 Å². The number of carbonyl (C=O) groups excluding carboxylic acids is 1. The highest BCUT2D eigenvalue weighted by Gasteiger charge is 2.15. The molecular formula is C19H19N5O. The standard InChI is InChI=1S/C19H19N5O/c1-2-4-13-6-8-14(9-7-13)16-12-22-18(20)17(24-16)19(25)23-15-5-3-10-21-11-15/h3,5-12H,2,4H2,1H3,(H2,20,22)(H,23,25). The second kappa shape index (κ2) is 7.53. The number of nitrogens with zero attached hydrogens (tertiary/aromatic N) is 3. The second-order valence-corrected chi connectivity index (χ2v) is 5.63. The number of nitrogens with two attached hydrogens (primary N) is 1. The number of hydrogen-bond acceptors (Lipinski definition) is 5. The van der Waals surface area contributed by atoms with Gasteiger partial charge in [0, 0.05) is 11.8 Å². The van der Waals surface area contributed by atoms with Gasteiger partial charge in [0.15, 0.2) is 11.5 Å². The van der Waals surface area contributed by atoms with Crippen LogP contribution in [0.4, 0.5) is 11.5 Å². The molecule has 6 nitrogen and oxygen atoms in total. The van der Waals surface area contributed by atoms with Crippen molar-refractivity contribution >= 4 is 17.4 Å². The molecule has 0 aliphatic heterocycles. The topological polar surface area (TPSA) is 93.8 Å². The van der Waals surface area contributed by atoms with Gasteiger partial charge in [-0.1, -0.05) is 37.6 Å². The number of aryl methyl sites for hydroxylation is 1. The number of rotatable bonds is 5. The van der Waals surface area contributed by atoms with Gasteiger partial charge in [-0.15, -0.1) is 0 Å². The van der Waals surface area contributed by atoms with Crippen molar-refractivity contribution < 1.29 is 4.79 Å². The summed E-state index contributed by atoms with van der Waals surface area (Å²) < 4.78 is 0. The Morgan fingerprint density at radius 3 is 2.64 bits per heavy atom. The number of anilines is 2. The van der Waals surface area contributed by atoms with Crippen molar-refractivity contribution in [2.45, 2.75) is 19.8 Å². The Morgan fingerprint density at radius 1 is 1.16 bits per heavy atom. The highest BCUT2D eigenvalue weighted by Crippen LogP contribution is 2.20. The summed E-state index contributed by atoms with van der Waals surface area (Å²) in [6, 6.07) is 11.6. The van der Waals surface area contributed by atoms with E-state index in [4.69, 9.17) is 5.73 Å². The van der Waals surface area contributed by atoms with E-state index >= 15 is 0 Å². The van der Waals surface area contributed by atoms with Crippen molar-refractivity contribution in [2.75, 3.05) is 11.1 Å². The summed E-state index contributed by atoms with van der Waals surface area (Å²) >= 11 is 0. The number of amides is 1. The summed E-state index contributed by atoms with van der Waals surface area (Å²) in [5.41, 5.74) is 9.27. The van der Waals surface area contributed by atoms with Crippen LogP contribution >= 0.6 is 0 Å². The van der Waals surface area contributed by atoms with E-state index in [-0.39, 0.29) is 11.5 Å². The summed E-state index contributed by atoms with van der Waals surface area (Å²) in [4.78, 5) is 24.9. The zero-order chi connectivity index (χ0) is 17.6. The first-order valence-electron chi connectivity index (χ1n) is 8.10. The molecule has 126 valence electrons. The van der Waals surface area contributed by atoms with Gasteiger partial charge in [0.25, 0.3) is 5.91 Å². The van der Waals surface area contributed by atoms with Gasteiger partial charge in [-0.3, -0.25) is 9.78 Å². The largest absolute Gasteiger partial charge is 0.382 e. The van der Waals surface area contributed by atoms with Crippen LogP contribution in [-0.2, 0) is 6.42 Å². The molecule has 0 radical (unpaired) electrons. The lowest BCUT2D eigenvalue weighted by molar-refractivity contribution is 0.102. The predicted molar refractivity (Wildman–Crippen MR) is 98.1 cm³/mol. The molecule has 2 heterocycles. The summed E-state index contributed by atoms with van der Waals surface area (Å²) in [6.07, 6.45) is 6.89. The molecule has 3 rings (SSSR count). The predicted octanol–water partition coefficient (Wildman–Crippen LogP) is 3.33. The minimum atomic E-state index is -0.414. The van der Waals surface area contributed by atoms with Crippen molar-refractivity contribution in [3.8, 4) is 11.3 Å². The van der Waals surface area contributed by atoms with Crippen molar-refractivity contribution in [2.24, 2.45) is 0 Å². The van der Waals surface area contributed by atoms with E-state index in [9.17, 15) is 4.79 Å². The SMILES string of the molecule is CCCc1ccc(-c2cnc(N)c(C(=O)Nc3cccnc3)n2)cc1. The van der Waals surface area contributed by atoms with Gasteiger partial charge in [0.1, 0.15) is 0 Å². The van der Waals surface area contributed by atoms with Crippen LogP contribution in [0.5, 0.6) is 0 Å². The molecule has 25 heavy (non-hydrogen) atoms. The van der Waals surface area contributed by atoms with E-state index in [0.29, 0.717) is 11.4 Å². The average molecular weight is 333 g/mol. The number of carbonyl (C=O) groups is 1. The molecule has 0 aliphatic carbocycles. The normalized spacial score (nSPS) is 10.4. The van der Waals surface area contributed by atoms with Gasteiger partial charge >= 0.3 is 0 Å². The van der Waals surface area contributed by atoms with Gasteiger partial charge in [0.05, 0.1) is 23.8 Å². The van der Waals surface area contributed by atoms with Crippen LogP contribution in [0.3, 0.4) is 0 Å². The number of pyridine rings is 1. The van der Waals surface area contributed by atoms with Crippen molar-refractivity contribution in [1.29, 1.82) is 0 Å². The Kier molecular flexibility index (Phi) is 4.99. The van der Waals surface area contributed by atoms with Crippen LogP contribution in [0.15, 0.2) is 55.0 Å². The first-order chi connectivity index (χ1) is 12.2. The van der Waals surface area contributed by atoms with Crippen LogP contribution in [0.1, 0.15) is 29.4 Å². The van der Waals surface area contributed by atoms with Gasteiger partial charge in [-0.25, -0.2) is 9.97 Å². The zero-order valence-electron chi connectivity index (χ0n) is 13.9. The third-order valence-electron chi connectivity index (χ3n) is 3.72. The molecule has 1 amide bonds. The van der Waals surface area contributed by atoms with Crippen LogP contribution in [0, 0.1) is 0 Å². The van der Waals surface area contributed by atoms with E-state index in [0.717, 1.165) is 18.4 Å². The molecule has 0 fully saturated rings. The molecule has 0 spiro atoms. The first kappa shape index (κ1) is 16.6. The highest BCUT2D eigenvalue weighted by molar-refractivity contribution is 6.05. The number of nitrogens with one attached hydrogen (secondary N) is 1. The molecule has 1 aromatic carbocycles.